The Morgan fingerprint density at radius 3 is 2.80 bits per heavy atom. The highest BCUT2D eigenvalue weighted by Crippen LogP contribution is 2.18. The van der Waals surface area contributed by atoms with Gasteiger partial charge in [-0.25, -0.2) is 18.1 Å². The van der Waals surface area contributed by atoms with Crippen molar-refractivity contribution in [1.82, 2.24) is 14.6 Å². The molecule has 0 spiro atoms. The molecule has 0 bridgehead atoms. The average molecular weight is 298 g/mol. The van der Waals surface area contributed by atoms with Crippen LogP contribution in [-0.4, -0.2) is 44.0 Å². The van der Waals surface area contributed by atoms with E-state index in [0.717, 1.165) is 19.5 Å². The van der Waals surface area contributed by atoms with Crippen LogP contribution >= 0.6 is 0 Å². The standard InChI is InChI=1S/C13H22N4O2S/c1-10(2)17-6-5-11(9-17)7-16-20(18,19)12-3-4-13(14)15-8-12/h3-4,8,10-11,16H,5-7,9H2,1-2H3,(H2,14,15). The Kier molecular flexibility index (Phi) is 4.62. The minimum atomic E-state index is -3.49. The first-order chi connectivity index (χ1) is 9.38. The molecule has 2 heterocycles. The van der Waals surface area contributed by atoms with Crippen LogP contribution in [0.1, 0.15) is 20.3 Å². The summed E-state index contributed by atoms with van der Waals surface area (Å²) in [4.78, 5) is 6.33. The lowest BCUT2D eigenvalue weighted by Crippen LogP contribution is -2.33. The first-order valence-corrected chi connectivity index (χ1v) is 8.32. The first kappa shape index (κ1) is 15.2. The van der Waals surface area contributed by atoms with Crippen LogP contribution in [0, 0.1) is 5.92 Å². The Morgan fingerprint density at radius 1 is 1.50 bits per heavy atom. The number of nitrogens with one attached hydrogen (secondary N) is 1. The molecule has 1 aliphatic heterocycles. The van der Waals surface area contributed by atoms with Gasteiger partial charge in [0.25, 0.3) is 0 Å². The molecule has 112 valence electrons. The van der Waals surface area contributed by atoms with Crippen LogP contribution in [0.4, 0.5) is 5.82 Å². The Hall–Kier alpha value is -1.18. The van der Waals surface area contributed by atoms with Gasteiger partial charge in [-0.3, -0.25) is 0 Å². The van der Waals surface area contributed by atoms with E-state index in [4.69, 9.17) is 5.73 Å². The van der Waals surface area contributed by atoms with Crippen LogP contribution in [0.3, 0.4) is 0 Å². The largest absolute Gasteiger partial charge is 0.384 e. The molecule has 2 rings (SSSR count). The molecule has 1 atom stereocenters. The van der Waals surface area contributed by atoms with Crippen LogP contribution < -0.4 is 10.5 Å². The van der Waals surface area contributed by atoms with E-state index in [2.05, 4.69) is 28.5 Å². The van der Waals surface area contributed by atoms with Crippen LogP contribution in [0.5, 0.6) is 0 Å². The Labute approximate surface area is 120 Å². The fraction of sp³-hybridized carbons (Fsp3) is 0.615. The van der Waals surface area contributed by atoms with E-state index in [9.17, 15) is 8.42 Å². The zero-order valence-corrected chi connectivity index (χ0v) is 12.7. The van der Waals surface area contributed by atoms with Crippen molar-refractivity contribution in [3.05, 3.63) is 18.3 Å². The number of nitrogen functional groups attached to an aromatic ring is 1. The number of hydrogen-bond acceptors (Lipinski definition) is 5. The van der Waals surface area contributed by atoms with Crippen molar-refractivity contribution in [3.8, 4) is 0 Å². The predicted molar refractivity (Wildman–Crippen MR) is 78.7 cm³/mol. The van der Waals surface area contributed by atoms with Crippen LogP contribution in [0.2, 0.25) is 0 Å². The Morgan fingerprint density at radius 2 is 2.25 bits per heavy atom. The minimum absolute atomic E-state index is 0.158. The number of nitrogens with zero attached hydrogens (tertiary/aromatic N) is 2. The summed E-state index contributed by atoms with van der Waals surface area (Å²) in [7, 11) is -3.49. The summed E-state index contributed by atoms with van der Waals surface area (Å²) in [6.07, 6.45) is 2.31. The van der Waals surface area contributed by atoms with Crippen molar-refractivity contribution < 1.29 is 8.42 Å². The topological polar surface area (TPSA) is 88.3 Å². The summed E-state index contributed by atoms with van der Waals surface area (Å²) in [6, 6.07) is 3.47. The molecule has 1 saturated heterocycles. The van der Waals surface area contributed by atoms with E-state index >= 15 is 0 Å². The van der Waals surface area contributed by atoms with Gasteiger partial charge < -0.3 is 10.6 Å². The number of aromatic nitrogens is 1. The van der Waals surface area contributed by atoms with E-state index in [-0.39, 0.29) is 4.90 Å². The highest BCUT2D eigenvalue weighted by Gasteiger charge is 2.25. The number of nitrogens with two attached hydrogens (primary N) is 1. The molecule has 20 heavy (non-hydrogen) atoms. The lowest BCUT2D eigenvalue weighted by molar-refractivity contribution is 0.265. The Balaban J connectivity index is 1.92. The van der Waals surface area contributed by atoms with E-state index in [1.807, 2.05) is 0 Å². The summed E-state index contributed by atoms with van der Waals surface area (Å²) in [5, 5.41) is 0. The fourth-order valence-electron chi connectivity index (χ4n) is 2.36. The molecule has 3 N–H and O–H groups in total. The van der Waals surface area contributed by atoms with Gasteiger partial charge in [-0.05, 0) is 44.9 Å². The maximum Gasteiger partial charge on any atom is 0.242 e. The number of pyridine rings is 1. The molecule has 1 aromatic rings. The molecule has 0 amide bonds. The minimum Gasteiger partial charge on any atom is -0.384 e. The number of sulfonamides is 1. The predicted octanol–water partition coefficient (Wildman–Crippen LogP) is 0.672. The summed E-state index contributed by atoms with van der Waals surface area (Å²) < 4.78 is 26.9. The summed E-state index contributed by atoms with van der Waals surface area (Å²) in [6.45, 7) is 6.77. The van der Waals surface area contributed by atoms with Crippen molar-refractivity contribution in [1.29, 1.82) is 0 Å². The van der Waals surface area contributed by atoms with E-state index in [0.29, 0.717) is 24.3 Å². The Bertz CT molecular complexity index is 542. The summed E-state index contributed by atoms with van der Waals surface area (Å²) in [5.41, 5.74) is 5.46. The van der Waals surface area contributed by atoms with Crippen molar-refractivity contribution in [3.63, 3.8) is 0 Å². The molecular weight excluding hydrogens is 276 g/mol. The molecular formula is C13H22N4O2S. The molecule has 6 nitrogen and oxygen atoms in total. The third-order valence-corrected chi connectivity index (χ3v) is 5.09. The maximum absolute atomic E-state index is 12.1. The maximum atomic E-state index is 12.1. The summed E-state index contributed by atoms with van der Waals surface area (Å²) >= 11 is 0. The highest BCUT2D eigenvalue weighted by molar-refractivity contribution is 7.89. The normalized spacial score (nSPS) is 20.6. The van der Waals surface area contributed by atoms with Gasteiger partial charge in [0.15, 0.2) is 0 Å². The van der Waals surface area contributed by atoms with Crippen molar-refractivity contribution in [2.45, 2.75) is 31.2 Å². The lowest BCUT2D eigenvalue weighted by Gasteiger charge is -2.20. The number of likely N-dealkylation sites (tertiary alicyclic amines) is 1. The second kappa shape index (κ2) is 6.07. The molecule has 1 unspecified atom stereocenters. The van der Waals surface area contributed by atoms with Gasteiger partial charge in [-0.15, -0.1) is 0 Å². The zero-order valence-electron chi connectivity index (χ0n) is 11.9. The molecule has 1 aromatic heterocycles. The monoisotopic (exact) mass is 298 g/mol. The van der Waals surface area contributed by atoms with Gasteiger partial charge in [0.1, 0.15) is 10.7 Å². The van der Waals surface area contributed by atoms with Crippen LogP contribution in [0.25, 0.3) is 0 Å². The second-order valence-electron chi connectivity index (χ2n) is 5.51. The third-order valence-electron chi connectivity index (χ3n) is 3.68. The molecule has 0 saturated carbocycles. The van der Waals surface area contributed by atoms with Crippen LogP contribution in [0.15, 0.2) is 23.2 Å². The van der Waals surface area contributed by atoms with Gasteiger partial charge in [0.2, 0.25) is 10.0 Å². The molecule has 0 radical (unpaired) electrons. The van der Waals surface area contributed by atoms with Crippen molar-refractivity contribution in [2.24, 2.45) is 5.92 Å². The van der Waals surface area contributed by atoms with E-state index in [1.54, 1.807) is 0 Å². The third kappa shape index (κ3) is 3.68. The number of rotatable bonds is 5. The quantitative estimate of drug-likeness (QED) is 0.834. The zero-order chi connectivity index (χ0) is 14.8. The SMILES string of the molecule is CC(C)N1CCC(CNS(=O)(=O)c2ccc(N)nc2)C1. The van der Waals surface area contributed by atoms with Crippen molar-refractivity contribution in [2.75, 3.05) is 25.4 Å². The van der Waals surface area contributed by atoms with Gasteiger partial charge >= 0.3 is 0 Å². The molecule has 1 fully saturated rings. The second-order valence-corrected chi connectivity index (χ2v) is 7.28. The van der Waals surface area contributed by atoms with E-state index in [1.165, 1.54) is 18.3 Å². The van der Waals surface area contributed by atoms with E-state index < -0.39 is 10.0 Å². The van der Waals surface area contributed by atoms with Gasteiger partial charge in [0, 0.05) is 25.3 Å². The molecule has 0 aliphatic carbocycles. The smallest absolute Gasteiger partial charge is 0.242 e. The number of hydrogen-bond donors (Lipinski definition) is 2. The molecule has 7 heteroatoms. The first-order valence-electron chi connectivity index (χ1n) is 6.84. The van der Waals surface area contributed by atoms with Crippen molar-refractivity contribution >= 4 is 15.8 Å². The van der Waals surface area contributed by atoms with Crippen LogP contribution in [-0.2, 0) is 10.0 Å². The average Bonchev–Trinajstić information content (AvgIpc) is 2.86. The molecule has 1 aliphatic rings. The van der Waals surface area contributed by atoms with Gasteiger partial charge in [0.05, 0.1) is 0 Å². The van der Waals surface area contributed by atoms with Gasteiger partial charge in [-0.2, -0.15) is 0 Å². The van der Waals surface area contributed by atoms with Gasteiger partial charge in [-0.1, -0.05) is 0 Å². The fourth-order valence-corrected chi connectivity index (χ4v) is 3.42. The summed E-state index contributed by atoms with van der Waals surface area (Å²) in [5.74, 6) is 0.682. The lowest BCUT2D eigenvalue weighted by atomic mass is 10.1. The highest BCUT2D eigenvalue weighted by atomic mass is 32.2. The molecule has 0 aromatic carbocycles. The number of anilines is 1.